The van der Waals surface area contributed by atoms with Crippen molar-refractivity contribution < 1.29 is 9.53 Å². The highest BCUT2D eigenvalue weighted by Crippen LogP contribution is 2.37. The predicted molar refractivity (Wildman–Crippen MR) is 70.6 cm³/mol. The Balaban J connectivity index is 2.07. The van der Waals surface area contributed by atoms with Gasteiger partial charge in [0.2, 0.25) is 0 Å². The van der Waals surface area contributed by atoms with Gasteiger partial charge in [0, 0.05) is 12.7 Å². The molecule has 1 N–H and O–H groups in total. The van der Waals surface area contributed by atoms with Crippen LogP contribution in [0.2, 0.25) is 0 Å². The SMILES string of the molecule is COC(=O)c1cccnc1NCC1(C)CCCC1. The van der Waals surface area contributed by atoms with Crippen LogP contribution in [0.3, 0.4) is 0 Å². The van der Waals surface area contributed by atoms with Crippen molar-refractivity contribution in [3.63, 3.8) is 0 Å². The molecule has 0 amide bonds. The zero-order valence-corrected chi connectivity index (χ0v) is 11.0. The standard InChI is InChI=1S/C14H20N2O2/c1-14(7-3-4-8-14)10-16-12-11(13(17)18-2)6-5-9-15-12/h5-6,9H,3-4,7-8,10H2,1-2H3,(H,15,16). The molecule has 2 rings (SSSR count). The number of pyridine rings is 1. The Hall–Kier alpha value is -1.58. The Morgan fingerprint density at radius 2 is 2.22 bits per heavy atom. The monoisotopic (exact) mass is 248 g/mol. The number of aromatic nitrogens is 1. The summed E-state index contributed by atoms with van der Waals surface area (Å²) in [5.41, 5.74) is 0.826. The number of nitrogens with one attached hydrogen (secondary N) is 1. The second-order valence-electron chi connectivity index (χ2n) is 5.26. The summed E-state index contributed by atoms with van der Waals surface area (Å²) in [6.45, 7) is 3.14. The highest BCUT2D eigenvalue weighted by Gasteiger charge is 2.28. The number of nitrogens with zero attached hydrogens (tertiary/aromatic N) is 1. The van der Waals surface area contributed by atoms with E-state index in [0.29, 0.717) is 16.8 Å². The van der Waals surface area contributed by atoms with Gasteiger partial charge >= 0.3 is 5.97 Å². The van der Waals surface area contributed by atoms with Gasteiger partial charge in [-0.15, -0.1) is 0 Å². The lowest BCUT2D eigenvalue weighted by Gasteiger charge is -2.24. The van der Waals surface area contributed by atoms with Crippen LogP contribution < -0.4 is 5.32 Å². The Morgan fingerprint density at radius 3 is 2.89 bits per heavy atom. The zero-order chi connectivity index (χ0) is 13.0. The summed E-state index contributed by atoms with van der Waals surface area (Å²) >= 11 is 0. The normalized spacial score (nSPS) is 17.4. The molecular weight excluding hydrogens is 228 g/mol. The van der Waals surface area contributed by atoms with Gasteiger partial charge in [-0.05, 0) is 30.4 Å². The first-order valence-corrected chi connectivity index (χ1v) is 6.42. The number of hydrogen-bond donors (Lipinski definition) is 1. The lowest BCUT2D eigenvalue weighted by Crippen LogP contribution is -2.24. The number of rotatable bonds is 4. The van der Waals surface area contributed by atoms with E-state index in [1.165, 1.54) is 32.8 Å². The second-order valence-corrected chi connectivity index (χ2v) is 5.26. The second kappa shape index (κ2) is 5.38. The average Bonchev–Trinajstić information content (AvgIpc) is 2.83. The first-order valence-electron chi connectivity index (χ1n) is 6.42. The van der Waals surface area contributed by atoms with E-state index >= 15 is 0 Å². The molecule has 4 heteroatoms. The van der Waals surface area contributed by atoms with E-state index in [4.69, 9.17) is 4.74 Å². The first kappa shape index (κ1) is 12.9. The number of esters is 1. The van der Waals surface area contributed by atoms with Crippen LogP contribution in [-0.2, 0) is 4.74 Å². The number of carbonyl (C=O) groups is 1. The fraction of sp³-hybridized carbons (Fsp3) is 0.571. The molecule has 0 saturated heterocycles. The summed E-state index contributed by atoms with van der Waals surface area (Å²) in [6, 6.07) is 3.48. The first-order chi connectivity index (χ1) is 8.64. The van der Waals surface area contributed by atoms with E-state index in [0.717, 1.165) is 6.54 Å². The van der Waals surface area contributed by atoms with Gasteiger partial charge in [-0.2, -0.15) is 0 Å². The summed E-state index contributed by atoms with van der Waals surface area (Å²) in [6.07, 6.45) is 6.75. The van der Waals surface area contributed by atoms with Crippen LogP contribution in [0.15, 0.2) is 18.3 Å². The fourth-order valence-electron chi connectivity index (χ4n) is 2.52. The minimum absolute atomic E-state index is 0.324. The Morgan fingerprint density at radius 1 is 1.50 bits per heavy atom. The molecule has 1 aromatic heterocycles. The molecule has 1 saturated carbocycles. The number of methoxy groups -OCH3 is 1. The van der Waals surface area contributed by atoms with Gasteiger partial charge in [0.15, 0.2) is 0 Å². The van der Waals surface area contributed by atoms with E-state index in [9.17, 15) is 4.79 Å². The molecule has 98 valence electrons. The lowest BCUT2D eigenvalue weighted by atomic mass is 9.89. The quantitative estimate of drug-likeness (QED) is 0.832. The molecule has 1 heterocycles. The minimum atomic E-state index is -0.345. The van der Waals surface area contributed by atoms with Crippen LogP contribution in [0.5, 0.6) is 0 Å². The summed E-state index contributed by atoms with van der Waals surface area (Å²) in [5, 5.41) is 3.30. The number of ether oxygens (including phenoxy) is 1. The van der Waals surface area contributed by atoms with Crippen LogP contribution >= 0.6 is 0 Å². The summed E-state index contributed by atoms with van der Waals surface area (Å²) in [4.78, 5) is 15.8. The molecule has 0 spiro atoms. The minimum Gasteiger partial charge on any atom is -0.465 e. The summed E-state index contributed by atoms with van der Waals surface area (Å²) in [7, 11) is 1.39. The Kier molecular flexibility index (Phi) is 3.84. The third-order valence-corrected chi connectivity index (χ3v) is 3.71. The molecule has 0 aliphatic heterocycles. The molecule has 18 heavy (non-hydrogen) atoms. The number of carbonyl (C=O) groups excluding carboxylic acids is 1. The number of anilines is 1. The van der Waals surface area contributed by atoms with Crippen molar-refractivity contribution in [1.82, 2.24) is 4.98 Å². The summed E-state index contributed by atoms with van der Waals surface area (Å²) in [5.74, 6) is 0.277. The van der Waals surface area contributed by atoms with Crippen molar-refractivity contribution in [3.05, 3.63) is 23.9 Å². The Labute approximate surface area is 108 Å². The van der Waals surface area contributed by atoms with Crippen molar-refractivity contribution in [1.29, 1.82) is 0 Å². The van der Waals surface area contributed by atoms with Gasteiger partial charge < -0.3 is 10.1 Å². The van der Waals surface area contributed by atoms with E-state index in [1.807, 2.05) is 0 Å². The molecule has 1 aromatic rings. The maximum Gasteiger partial charge on any atom is 0.341 e. The van der Waals surface area contributed by atoms with Gasteiger partial charge in [-0.1, -0.05) is 19.8 Å². The van der Waals surface area contributed by atoms with E-state index < -0.39 is 0 Å². The topological polar surface area (TPSA) is 51.2 Å². The molecule has 0 radical (unpaired) electrons. The maximum atomic E-state index is 11.6. The van der Waals surface area contributed by atoms with Crippen LogP contribution in [-0.4, -0.2) is 24.6 Å². The molecule has 1 aliphatic rings. The van der Waals surface area contributed by atoms with Gasteiger partial charge in [0.1, 0.15) is 11.4 Å². The zero-order valence-electron chi connectivity index (χ0n) is 11.0. The maximum absolute atomic E-state index is 11.6. The third kappa shape index (κ3) is 2.81. The molecule has 0 atom stereocenters. The smallest absolute Gasteiger partial charge is 0.341 e. The largest absolute Gasteiger partial charge is 0.465 e. The predicted octanol–water partition coefficient (Wildman–Crippen LogP) is 2.86. The van der Waals surface area contributed by atoms with Gasteiger partial charge in [0.25, 0.3) is 0 Å². The molecule has 1 fully saturated rings. The van der Waals surface area contributed by atoms with Gasteiger partial charge in [0.05, 0.1) is 7.11 Å². The van der Waals surface area contributed by atoms with E-state index in [2.05, 4.69) is 17.2 Å². The molecule has 0 unspecified atom stereocenters. The van der Waals surface area contributed by atoms with Crippen molar-refractivity contribution in [2.24, 2.45) is 5.41 Å². The van der Waals surface area contributed by atoms with Crippen molar-refractivity contribution in [2.45, 2.75) is 32.6 Å². The molecular formula is C14H20N2O2. The molecule has 0 bridgehead atoms. The average molecular weight is 248 g/mol. The highest BCUT2D eigenvalue weighted by molar-refractivity contribution is 5.94. The summed E-state index contributed by atoms with van der Waals surface area (Å²) < 4.78 is 4.75. The lowest BCUT2D eigenvalue weighted by molar-refractivity contribution is 0.0601. The van der Waals surface area contributed by atoms with Crippen molar-refractivity contribution in [3.8, 4) is 0 Å². The van der Waals surface area contributed by atoms with Crippen LogP contribution in [0.4, 0.5) is 5.82 Å². The van der Waals surface area contributed by atoms with Crippen molar-refractivity contribution >= 4 is 11.8 Å². The van der Waals surface area contributed by atoms with E-state index in [-0.39, 0.29) is 5.97 Å². The third-order valence-electron chi connectivity index (χ3n) is 3.71. The molecule has 0 aromatic carbocycles. The van der Waals surface area contributed by atoms with Gasteiger partial charge in [-0.3, -0.25) is 0 Å². The van der Waals surface area contributed by atoms with Gasteiger partial charge in [-0.25, -0.2) is 9.78 Å². The van der Waals surface area contributed by atoms with Crippen molar-refractivity contribution in [2.75, 3.05) is 19.0 Å². The van der Waals surface area contributed by atoms with Crippen LogP contribution in [0.25, 0.3) is 0 Å². The highest BCUT2D eigenvalue weighted by atomic mass is 16.5. The van der Waals surface area contributed by atoms with Crippen LogP contribution in [0.1, 0.15) is 43.0 Å². The molecule has 1 aliphatic carbocycles. The van der Waals surface area contributed by atoms with E-state index in [1.54, 1.807) is 18.3 Å². The molecule has 4 nitrogen and oxygen atoms in total. The fourth-order valence-corrected chi connectivity index (χ4v) is 2.52. The number of hydrogen-bond acceptors (Lipinski definition) is 4. The Bertz CT molecular complexity index is 426. The van der Waals surface area contributed by atoms with Crippen LogP contribution in [0, 0.1) is 5.41 Å².